The number of amides is 2. The molecule has 3 rings (SSSR count). The lowest BCUT2D eigenvalue weighted by molar-refractivity contribution is -0.139. The van der Waals surface area contributed by atoms with Crippen LogP contribution in [0.15, 0.2) is 41.8 Å². The van der Waals surface area contributed by atoms with Crippen LogP contribution >= 0.6 is 11.3 Å². The Labute approximate surface area is 163 Å². The van der Waals surface area contributed by atoms with Gasteiger partial charge in [0.1, 0.15) is 0 Å². The van der Waals surface area contributed by atoms with Crippen LogP contribution < -0.4 is 10.6 Å². The highest BCUT2D eigenvalue weighted by Crippen LogP contribution is 2.21. The van der Waals surface area contributed by atoms with Gasteiger partial charge in [0.05, 0.1) is 25.8 Å². The third-order valence-electron chi connectivity index (χ3n) is 4.61. The third kappa shape index (κ3) is 5.63. The SMILES string of the molecule is Cc1ccc([C@H](CNC(=O)C(=O)NCc2cccs2)N2CCOCC2)cc1. The second kappa shape index (κ2) is 9.64. The molecule has 1 aliphatic heterocycles. The van der Waals surface area contributed by atoms with Crippen LogP contribution in [0.25, 0.3) is 0 Å². The van der Waals surface area contributed by atoms with Crippen molar-refractivity contribution in [3.05, 3.63) is 57.8 Å². The zero-order valence-electron chi connectivity index (χ0n) is 15.4. The number of hydrogen-bond acceptors (Lipinski definition) is 5. The van der Waals surface area contributed by atoms with Crippen LogP contribution in [-0.2, 0) is 20.9 Å². The monoisotopic (exact) mass is 387 g/mol. The average Bonchev–Trinajstić information content (AvgIpc) is 3.22. The first-order valence-corrected chi connectivity index (χ1v) is 9.98. The lowest BCUT2D eigenvalue weighted by Gasteiger charge is -2.35. The number of carbonyl (C=O) groups excluding carboxylic acids is 2. The number of nitrogens with one attached hydrogen (secondary N) is 2. The van der Waals surface area contributed by atoms with Crippen molar-refractivity contribution in [3.8, 4) is 0 Å². The molecule has 0 bridgehead atoms. The number of hydrogen-bond donors (Lipinski definition) is 2. The van der Waals surface area contributed by atoms with Gasteiger partial charge in [-0.2, -0.15) is 0 Å². The predicted octanol–water partition coefficient (Wildman–Crippen LogP) is 1.86. The smallest absolute Gasteiger partial charge is 0.309 e. The average molecular weight is 388 g/mol. The topological polar surface area (TPSA) is 70.7 Å². The summed E-state index contributed by atoms with van der Waals surface area (Å²) in [6, 6.07) is 12.2. The van der Waals surface area contributed by atoms with Gasteiger partial charge in [0, 0.05) is 24.5 Å². The lowest BCUT2D eigenvalue weighted by Crippen LogP contribution is -2.46. The van der Waals surface area contributed by atoms with Gasteiger partial charge in [-0.25, -0.2) is 0 Å². The minimum atomic E-state index is -0.604. The molecule has 2 heterocycles. The van der Waals surface area contributed by atoms with Crippen molar-refractivity contribution in [1.82, 2.24) is 15.5 Å². The van der Waals surface area contributed by atoms with E-state index in [0.717, 1.165) is 23.5 Å². The van der Waals surface area contributed by atoms with Crippen molar-refractivity contribution >= 4 is 23.2 Å². The quantitative estimate of drug-likeness (QED) is 0.743. The van der Waals surface area contributed by atoms with Gasteiger partial charge < -0.3 is 15.4 Å². The van der Waals surface area contributed by atoms with Gasteiger partial charge in [0.2, 0.25) is 0 Å². The molecule has 0 aliphatic carbocycles. The van der Waals surface area contributed by atoms with E-state index in [4.69, 9.17) is 4.74 Å². The Kier molecular flexibility index (Phi) is 6.98. The van der Waals surface area contributed by atoms with E-state index in [1.54, 1.807) is 11.3 Å². The van der Waals surface area contributed by atoms with Gasteiger partial charge in [-0.15, -0.1) is 11.3 Å². The van der Waals surface area contributed by atoms with E-state index in [2.05, 4.69) is 39.8 Å². The summed E-state index contributed by atoms with van der Waals surface area (Å²) in [6.45, 7) is 5.77. The molecule has 27 heavy (non-hydrogen) atoms. The van der Waals surface area contributed by atoms with Gasteiger partial charge in [-0.1, -0.05) is 35.9 Å². The van der Waals surface area contributed by atoms with Gasteiger partial charge >= 0.3 is 11.8 Å². The zero-order chi connectivity index (χ0) is 19.1. The molecule has 2 aromatic rings. The summed E-state index contributed by atoms with van der Waals surface area (Å²) in [6.07, 6.45) is 0. The van der Waals surface area contributed by atoms with E-state index >= 15 is 0 Å². The number of ether oxygens (including phenoxy) is 1. The first-order chi connectivity index (χ1) is 13.1. The van der Waals surface area contributed by atoms with E-state index < -0.39 is 11.8 Å². The Morgan fingerprint density at radius 3 is 2.48 bits per heavy atom. The number of benzene rings is 1. The molecule has 144 valence electrons. The van der Waals surface area contributed by atoms with Gasteiger partial charge in [0.15, 0.2) is 0 Å². The van der Waals surface area contributed by atoms with E-state index in [1.807, 2.05) is 24.4 Å². The van der Waals surface area contributed by atoms with E-state index in [0.29, 0.717) is 26.3 Å². The normalized spacial score (nSPS) is 15.9. The maximum absolute atomic E-state index is 12.2. The second-order valence-corrected chi connectivity index (χ2v) is 7.58. The number of thiophene rings is 1. The van der Waals surface area contributed by atoms with E-state index in [1.165, 1.54) is 5.56 Å². The fourth-order valence-electron chi connectivity index (χ4n) is 3.07. The highest BCUT2D eigenvalue weighted by molar-refractivity contribution is 7.09. The number of aryl methyl sites for hydroxylation is 1. The van der Waals surface area contributed by atoms with Crippen LogP contribution in [0, 0.1) is 6.92 Å². The van der Waals surface area contributed by atoms with Crippen molar-refractivity contribution in [2.45, 2.75) is 19.5 Å². The molecule has 1 atom stereocenters. The van der Waals surface area contributed by atoms with Crippen LogP contribution in [0.1, 0.15) is 22.0 Å². The molecule has 1 saturated heterocycles. The summed E-state index contributed by atoms with van der Waals surface area (Å²) in [5.41, 5.74) is 2.32. The Hall–Kier alpha value is -2.22. The van der Waals surface area contributed by atoms with Crippen LogP contribution in [0.5, 0.6) is 0 Å². The van der Waals surface area contributed by atoms with Gasteiger partial charge in [-0.05, 0) is 23.9 Å². The van der Waals surface area contributed by atoms with Crippen molar-refractivity contribution in [2.75, 3.05) is 32.8 Å². The maximum Gasteiger partial charge on any atom is 0.309 e. The molecule has 6 nitrogen and oxygen atoms in total. The second-order valence-electron chi connectivity index (χ2n) is 6.55. The number of rotatable bonds is 6. The highest BCUT2D eigenvalue weighted by atomic mass is 32.1. The maximum atomic E-state index is 12.2. The Morgan fingerprint density at radius 1 is 1.11 bits per heavy atom. The molecule has 1 aliphatic rings. The Bertz CT molecular complexity index is 740. The minimum Gasteiger partial charge on any atom is -0.379 e. The van der Waals surface area contributed by atoms with E-state index in [-0.39, 0.29) is 6.04 Å². The van der Waals surface area contributed by atoms with E-state index in [9.17, 15) is 9.59 Å². The van der Waals surface area contributed by atoms with Gasteiger partial charge in [-0.3, -0.25) is 14.5 Å². The summed E-state index contributed by atoms with van der Waals surface area (Å²) < 4.78 is 5.44. The van der Waals surface area contributed by atoms with Crippen molar-refractivity contribution < 1.29 is 14.3 Å². The molecule has 7 heteroatoms. The summed E-state index contributed by atoms with van der Waals surface area (Å²) >= 11 is 1.55. The predicted molar refractivity (Wildman–Crippen MR) is 105 cm³/mol. The molecular weight excluding hydrogens is 362 g/mol. The Morgan fingerprint density at radius 2 is 1.81 bits per heavy atom. The number of carbonyl (C=O) groups is 2. The zero-order valence-corrected chi connectivity index (χ0v) is 16.3. The molecule has 2 amide bonds. The highest BCUT2D eigenvalue weighted by Gasteiger charge is 2.24. The molecule has 0 unspecified atom stereocenters. The minimum absolute atomic E-state index is 0.0172. The number of morpholine rings is 1. The number of nitrogens with zero attached hydrogens (tertiary/aromatic N) is 1. The Balaban J connectivity index is 1.58. The van der Waals surface area contributed by atoms with Crippen molar-refractivity contribution in [3.63, 3.8) is 0 Å². The van der Waals surface area contributed by atoms with Crippen LogP contribution in [0.3, 0.4) is 0 Å². The van der Waals surface area contributed by atoms with Crippen molar-refractivity contribution in [2.24, 2.45) is 0 Å². The van der Waals surface area contributed by atoms with Crippen LogP contribution in [0.4, 0.5) is 0 Å². The molecule has 0 spiro atoms. The molecule has 1 fully saturated rings. The van der Waals surface area contributed by atoms with Crippen molar-refractivity contribution in [1.29, 1.82) is 0 Å². The summed E-state index contributed by atoms with van der Waals surface area (Å²) in [7, 11) is 0. The standard InChI is InChI=1S/C20H25N3O3S/c1-15-4-6-16(7-5-15)18(23-8-10-26-11-9-23)14-22-20(25)19(24)21-13-17-3-2-12-27-17/h2-7,12,18H,8-11,13-14H2,1H3,(H,21,24)(H,22,25)/t18-/m0/s1. The van der Waals surface area contributed by atoms with Crippen LogP contribution in [-0.4, -0.2) is 49.6 Å². The summed E-state index contributed by atoms with van der Waals surface area (Å²) in [5, 5.41) is 7.39. The fraction of sp³-hybridized carbons (Fsp3) is 0.400. The molecule has 0 saturated carbocycles. The van der Waals surface area contributed by atoms with Gasteiger partial charge in [0.25, 0.3) is 0 Å². The third-order valence-corrected chi connectivity index (χ3v) is 5.49. The lowest BCUT2D eigenvalue weighted by atomic mass is 10.0. The largest absolute Gasteiger partial charge is 0.379 e. The first kappa shape index (κ1) is 19.5. The molecular formula is C20H25N3O3S. The van der Waals surface area contributed by atoms with Crippen LogP contribution in [0.2, 0.25) is 0 Å². The summed E-state index contributed by atoms with van der Waals surface area (Å²) in [4.78, 5) is 27.6. The molecule has 0 radical (unpaired) electrons. The molecule has 1 aromatic carbocycles. The fourth-order valence-corrected chi connectivity index (χ4v) is 3.71. The first-order valence-electron chi connectivity index (χ1n) is 9.10. The molecule has 1 aromatic heterocycles. The summed E-state index contributed by atoms with van der Waals surface area (Å²) in [5.74, 6) is -1.20. The molecule has 2 N–H and O–H groups in total.